The van der Waals surface area contributed by atoms with Gasteiger partial charge >= 0.3 is 0 Å². The van der Waals surface area contributed by atoms with Crippen LogP contribution in [0.4, 0.5) is 0 Å². The Hall–Kier alpha value is -1.69. The minimum absolute atomic E-state index is 0.571. The first-order chi connectivity index (χ1) is 8.65. The third-order valence-corrected chi connectivity index (χ3v) is 2.59. The lowest BCUT2D eigenvalue weighted by Gasteiger charge is -2.08. The lowest BCUT2D eigenvalue weighted by atomic mass is 10.2. The summed E-state index contributed by atoms with van der Waals surface area (Å²) in [5, 5.41) is 11.9. The van der Waals surface area contributed by atoms with E-state index in [1.807, 2.05) is 24.0 Å². The Morgan fingerprint density at radius 3 is 2.83 bits per heavy atom. The quantitative estimate of drug-likeness (QED) is 0.827. The maximum atomic E-state index is 4.31. The largest absolute Gasteiger partial charge is 0.304 e. The van der Waals surface area contributed by atoms with Gasteiger partial charge in [-0.15, -0.1) is 0 Å². The number of aryl methyl sites for hydroxylation is 1. The van der Waals surface area contributed by atoms with Crippen molar-refractivity contribution in [3.63, 3.8) is 0 Å². The summed E-state index contributed by atoms with van der Waals surface area (Å²) in [5.41, 5.74) is 1.03. The molecule has 0 saturated heterocycles. The van der Waals surface area contributed by atoms with E-state index in [0.717, 1.165) is 24.6 Å². The van der Waals surface area contributed by atoms with Crippen LogP contribution in [-0.4, -0.2) is 24.5 Å². The Morgan fingerprint density at radius 1 is 1.33 bits per heavy atom. The molecule has 0 spiro atoms. The molecule has 0 aliphatic carbocycles. The number of nitrogens with one attached hydrogen (secondary N) is 1. The fourth-order valence-corrected chi connectivity index (χ4v) is 1.78. The first kappa shape index (κ1) is 12.8. The van der Waals surface area contributed by atoms with Crippen molar-refractivity contribution in [1.82, 2.24) is 29.9 Å². The van der Waals surface area contributed by atoms with Gasteiger partial charge in [0, 0.05) is 26.3 Å². The second kappa shape index (κ2) is 5.77. The Bertz CT molecular complexity index is 484. The van der Waals surface area contributed by atoms with Gasteiger partial charge in [0.2, 0.25) is 0 Å². The zero-order valence-electron chi connectivity index (χ0n) is 11.2. The molecule has 6 nitrogen and oxygen atoms in total. The van der Waals surface area contributed by atoms with E-state index in [0.29, 0.717) is 12.5 Å². The van der Waals surface area contributed by atoms with E-state index in [1.54, 1.807) is 11.0 Å². The second-order valence-electron chi connectivity index (χ2n) is 4.84. The van der Waals surface area contributed by atoms with Gasteiger partial charge in [0.15, 0.2) is 0 Å². The van der Waals surface area contributed by atoms with E-state index in [9.17, 15) is 0 Å². The Kier molecular flexibility index (Phi) is 4.09. The van der Waals surface area contributed by atoms with Crippen LogP contribution in [0, 0.1) is 5.92 Å². The summed E-state index contributed by atoms with van der Waals surface area (Å²) in [4.78, 5) is 4.27. The molecule has 0 radical (unpaired) electrons. The number of hydrogen-bond acceptors (Lipinski definition) is 4. The predicted molar refractivity (Wildman–Crippen MR) is 68.6 cm³/mol. The fraction of sp³-hybridized carbons (Fsp3) is 0.583. The summed E-state index contributed by atoms with van der Waals surface area (Å²) in [6.45, 7) is 6.71. The lowest BCUT2D eigenvalue weighted by Crippen LogP contribution is -2.19. The molecule has 0 aromatic carbocycles. The normalized spacial score (nSPS) is 11.3. The summed E-state index contributed by atoms with van der Waals surface area (Å²) >= 11 is 0. The third-order valence-electron chi connectivity index (χ3n) is 2.59. The molecule has 2 heterocycles. The molecule has 0 aliphatic rings. The van der Waals surface area contributed by atoms with Crippen molar-refractivity contribution in [2.24, 2.45) is 13.0 Å². The average Bonchev–Trinajstić information content (AvgIpc) is 2.88. The summed E-state index contributed by atoms with van der Waals surface area (Å²) < 4.78 is 3.76. The van der Waals surface area contributed by atoms with Crippen LogP contribution in [0.15, 0.2) is 18.6 Å². The van der Waals surface area contributed by atoms with Gasteiger partial charge in [-0.1, -0.05) is 13.8 Å². The van der Waals surface area contributed by atoms with Gasteiger partial charge < -0.3 is 5.32 Å². The highest BCUT2D eigenvalue weighted by atomic mass is 15.3. The molecule has 2 rings (SSSR count). The second-order valence-corrected chi connectivity index (χ2v) is 4.84. The van der Waals surface area contributed by atoms with Crippen LogP contribution in [0.3, 0.4) is 0 Å². The topological polar surface area (TPSA) is 60.6 Å². The van der Waals surface area contributed by atoms with E-state index in [4.69, 9.17) is 0 Å². The molecule has 0 unspecified atom stereocenters. The summed E-state index contributed by atoms with van der Waals surface area (Å²) in [7, 11) is 1.92. The van der Waals surface area contributed by atoms with E-state index in [-0.39, 0.29) is 0 Å². The van der Waals surface area contributed by atoms with Crippen molar-refractivity contribution >= 4 is 0 Å². The van der Waals surface area contributed by atoms with Crippen LogP contribution in [0.2, 0.25) is 0 Å². The molecule has 6 heteroatoms. The van der Waals surface area contributed by atoms with Crippen molar-refractivity contribution in [2.75, 3.05) is 0 Å². The zero-order chi connectivity index (χ0) is 13.0. The standard InChI is InChI=1S/C12H20N6/c1-10(2)8-18-12(14-9-15-18)7-13-6-11-4-5-17(3)16-11/h4-5,9-10,13H,6-8H2,1-3H3. The highest BCUT2D eigenvalue weighted by Crippen LogP contribution is 2.01. The Labute approximate surface area is 107 Å². The first-order valence-corrected chi connectivity index (χ1v) is 6.21. The summed E-state index contributed by atoms with van der Waals surface area (Å²) in [6.07, 6.45) is 3.55. The molecular formula is C12H20N6. The van der Waals surface area contributed by atoms with Crippen LogP contribution in [0.1, 0.15) is 25.4 Å². The van der Waals surface area contributed by atoms with Gasteiger partial charge in [-0.3, -0.25) is 4.68 Å². The van der Waals surface area contributed by atoms with E-state index in [1.165, 1.54) is 0 Å². The molecular weight excluding hydrogens is 228 g/mol. The predicted octanol–water partition coefficient (Wildman–Crippen LogP) is 0.957. The van der Waals surface area contributed by atoms with Crippen molar-refractivity contribution in [2.45, 2.75) is 33.5 Å². The lowest BCUT2D eigenvalue weighted by molar-refractivity contribution is 0.457. The van der Waals surface area contributed by atoms with Gasteiger partial charge in [-0.2, -0.15) is 10.2 Å². The van der Waals surface area contributed by atoms with Crippen molar-refractivity contribution in [1.29, 1.82) is 0 Å². The minimum atomic E-state index is 0.571. The van der Waals surface area contributed by atoms with Gasteiger partial charge in [0.1, 0.15) is 12.2 Å². The SMILES string of the molecule is CC(C)Cn1ncnc1CNCc1ccn(C)n1. The number of rotatable bonds is 6. The van der Waals surface area contributed by atoms with Gasteiger partial charge in [-0.05, 0) is 12.0 Å². The molecule has 0 bridgehead atoms. The van der Waals surface area contributed by atoms with E-state index >= 15 is 0 Å². The first-order valence-electron chi connectivity index (χ1n) is 6.21. The molecule has 0 fully saturated rings. The minimum Gasteiger partial charge on any atom is -0.304 e. The zero-order valence-corrected chi connectivity index (χ0v) is 11.2. The fourth-order valence-electron chi connectivity index (χ4n) is 1.78. The van der Waals surface area contributed by atoms with Gasteiger partial charge in [-0.25, -0.2) is 9.67 Å². The molecule has 0 atom stereocenters. The van der Waals surface area contributed by atoms with Crippen molar-refractivity contribution < 1.29 is 0 Å². The van der Waals surface area contributed by atoms with Crippen molar-refractivity contribution in [3.8, 4) is 0 Å². The highest BCUT2D eigenvalue weighted by molar-refractivity contribution is 4.98. The molecule has 18 heavy (non-hydrogen) atoms. The molecule has 1 N–H and O–H groups in total. The average molecular weight is 248 g/mol. The smallest absolute Gasteiger partial charge is 0.140 e. The van der Waals surface area contributed by atoms with Crippen molar-refractivity contribution in [3.05, 3.63) is 30.1 Å². The Balaban J connectivity index is 1.84. The van der Waals surface area contributed by atoms with Gasteiger partial charge in [0.05, 0.1) is 12.2 Å². The van der Waals surface area contributed by atoms with E-state index < -0.39 is 0 Å². The molecule has 0 amide bonds. The molecule has 98 valence electrons. The summed E-state index contributed by atoms with van der Waals surface area (Å²) in [6, 6.07) is 2.01. The maximum Gasteiger partial charge on any atom is 0.140 e. The molecule has 2 aromatic heterocycles. The number of aromatic nitrogens is 5. The van der Waals surface area contributed by atoms with Crippen LogP contribution in [0.25, 0.3) is 0 Å². The molecule has 0 saturated carbocycles. The van der Waals surface area contributed by atoms with Crippen LogP contribution < -0.4 is 5.32 Å². The van der Waals surface area contributed by atoms with Crippen LogP contribution >= 0.6 is 0 Å². The number of nitrogens with zero attached hydrogens (tertiary/aromatic N) is 5. The number of hydrogen-bond donors (Lipinski definition) is 1. The maximum absolute atomic E-state index is 4.31. The molecule has 2 aromatic rings. The summed E-state index contributed by atoms with van der Waals surface area (Å²) in [5.74, 6) is 1.54. The monoisotopic (exact) mass is 248 g/mol. The Morgan fingerprint density at radius 2 is 2.17 bits per heavy atom. The van der Waals surface area contributed by atoms with Crippen LogP contribution in [-0.2, 0) is 26.7 Å². The van der Waals surface area contributed by atoms with Crippen LogP contribution in [0.5, 0.6) is 0 Å². The van der Waals surface area contributed by atoms with Gasteiger partial charge in [0.25, 0.3) is 0 Å². The highest BCUT2D eigenvalue weighted by Gasteiger charge is 2.06. The molecule has 0 aliphatic heterocycles. The van der Waals surface area contributed by atoms with E-state index in [2.05, 4.69) is 34.3 Å². The third kappa shape index (κ3) is 3.40.